The quantitative estimate of drug-likeness (QED) is 0.0435. The summed E-state index contributed by atoms with van der Waals surface area (Å²) in [5, 5.41) is 30.1. The van der Waals surface area contributed by atoms with E-state index in [1.54, 1.807) is 0 Å². The Morgan fingerprint density at radius 3 is 2.14 bits per heavy atom. The van der Waals surface area contributed by atoms with Crippen LogP contribution in [0.5, 0.6) is 11.5 Å². The Balaban J connectivity index is 1.62. The second kappa shape index (κ2) is 15.7. The second-order valence-electron chi connectivity index (χ2n) is 9.76. The number of ether oxygens (including phenoxy) is 3. The molecule has 0 unspecified atom stereocenters. The minimum absolute atomic E-state index is 0.0401. The number of hydrogen-bond donors (Lipinski definition) is 3. The van der Waals surface area contributed by atoms with Gasteiger partial charge in [0.1, 0.15) is 12.4 Å². The van der Waals surface area contributed by atoms with E-state index >= 15 is 0 Å². The fraction of sp³-hybridized carbons (Fsp3) is 0.290. The van der Waals surface area contributed by atoms with Crippen LogP contribution in [-0.2, 0) is 11.3 Å². The molecule has 0 fully saturated rings. The maximum Gasteiger partial charge on any atom is 0.345 e. The van der Waals surface area contributed by atoms with Crippen LogP contribution in [0.15, 0.2) is 54.6 Å². The third kappa shape index (κ3) is 9.02. The summed E-state index contributed by atoms with van der Waals surface area (Å²) >= 11 is 0. The van der Waals surface area contributed by atoms with Crippen LogP contribution in [0.2, 0.25) is 0 Å². The summed E-state index contributed by atoms with van der Waals surface area (Å²) in [7, 11) is 0. The largest absolute Gasteiger partial charge is 0.487 e. The van der Waals surface area contributed by atoms with Crippen LogP contribution < -0.4 is 15.2 Å². The maximum absolute atomic E-state index is 12.8. The van der Waals surface area contributed by atoms with Crippen molar-refractivity contribution < 1.29 is 48.5 Å². The molecular weight excluding hydrogens is 576 g/mol. The van der Waals surface area contributed by atoms with Crippen molar-refractivity contribution in [3.63, 3.8) is 0 Å². The van der Waals surface area contributed by atoms with E-state index in [9.17, 15) is 34.4 Å². The van der Waals surface area contributed by atoms with E-state index in [0.717, 1.165) is 62.8 Å². The number of nitro benzene ring substituents is 1. The predicted molar refractivity (Wildman–Crippen MR) is 157 cm³/mol. The van der Waals surface area contributed by atoms with Gasteiger partial charge in [0.05, 0.1) is 39.5 Å². The van der Waals surface area contributed by atoms with E-state index in [1.807, 2.05) is 0 Å². The Labute approximate surface area is 252 Å². The molecule has 0 saturated carbocycles. The average molecular weight is 609 g/mol. The van der Waals surface area contributed by atoms with Crippen LogP contribution in [0.25, 0.3) is 0 Å². The number of carboxylic acids is 2. The highest BCUT2D eigenvalue weighted by Crippen LogP contribution is 2.33. The van der Waals surface area contributed by atoms with Crippen molar-refractivity contribution in [1.82, 2.24) is 0 Å². The third-order valence-electron chi connectivity index (χ3n) is 6.52. The van der Waals surface area contributed by atoms with Crippen molar-refractivity contribution in [3.8, 4) is 11.5 Å². The molecule has 232 valence electrons. The van der Waals surface area contributed by atoms with Gasteiger partial charge in [0.2, 0.25) is 0 Å². The molecule has 0 aliphatic rings. The van der Waals surface area contributed by atoms with Crippen LogP contribution in [0.3, 0.4) is 0 Å². The highest BCUT2D eigenvalue weighted by Gasteiger charge is 2.24. The van der Waals surface area contributed by atoms with E-state index in [4.69, 9.17) is 25.1 Å². The van der Waals surface area contributed by atoms with Crippen molar-refractivity contribution in [2.24, 2.45) is 0 Å². The van der Waals surface area contributed by atoms with Gasteiger partial charge < -0.3 is 30.2 Å². The number of benzene rings is 3. The number of carbonyl (C=O) groups is 4. The second-order valence-corrected chi connectivity index (χ2v) is 9.76. The van der Waals surface area contributed by atoms with Crippen LogP contribution in [0, 0.1) is 10.1 Å². The van der Waals surface area contributed by atoms with Gasteiger partial charge in [-0.1, -0.05) is 51.2 Å². The average Bonchev–Trinajstić information content (AvgIpc) is 2.99. The van der Waals surface area contributed by atoms with Gasteiger partial charge in [-0.25, -0.2) is 19.2 Å². The van der Waals surface area contributed by atoms with E-state index in [2.05, 4.69) is 6.92 Å². The molecule has 0 aromatic heterocycles. The molecule has 13 heteroatoms. The number of carbonyl (C=O) groups excluding carboxylic acids is 2. The van der Waals surface area contributed by atoms with E-state index in [1.165, 1.54) is 30.3 Å². The van der Waals surface area contributed by atoms with E-state index in [0.29, 0.717) is 5.56 Å². The van der Waals surface area contributed by atoms with Crippen molar-refractivity contribution in [1.29, 1.82) is 0 Å². The first-order chi connectivity index (χ1) is 21.0. The van der Waals surface area contributed by atoms with Crippen molar-refractivity contribution in [2.75, 3.05) is 12.3 Å². The van der Waals surface area contributed by atoms with Crippen LogP contribution in [0.4, 0.5) is 11.4 Å². The number of nitrogens with zero attached hydrogens (tertiary/aromatic N) is 1. The molecule has 0 bridgehead atoms. The summed E-state index contributed by atoms with van der Waals surface area (Å²) in [6.45, 7) is 2.09. The van der Waals surface area contributed by atoms with Crippen LogP contribution >= 0.6 is 0 Å². The first-order valence-corrected chi connectivity index (χ1v) is 13.8. The van der Waals surface area contributed by atoms with Crippen molar-refractivity contribution >= 4 is 35.3 Å². The lowest BCUT2D eigenvalue weighted by Gasteiger charge is -2.11. The molecule has 0 radical (unpaired) electrons. The number of nitrogens with two attached hydrogens (primary N) is 1. The van der Waals surface area contributed by atoms with Crippen molar-refractivity contribution in [3.05, 3.63) is 92.5 Å². The predicted octanol–water partition coefficient (Wildman–Crippen LogP) is 5.89. The fourth-order valence-electron chi connectivity index (χ4n) is 4.16. The zero-order valence-corrected chi connectivity index (χ0v) is 23.9. The first-order valence-electron chi connectivity index (χ1n) is 13.8. The highest BCUT2D eigenvalue weighted by molar-refractivity contribution is 6.04. The lowest BCUT2D eigenvalue weighted by molar-refractivity contribution is -0.385. The molecule has 0 heterocycles. The molecule has 3 aromatic carbocycles. The number of unbranched alkanes of at least 4 members (excludes halogenated alkanes) is 5. The summed E-state index contributed by atoms with van der Waals surface area (Å²) in [6.07, 6.45) is 6.12. The molecule has 4 N–H and O–H groups in total. The SMILES string of the molecule is CCCCCCCCOc1cc(N)c(C(=O)Oc2ccc(COC(=O)c3cc(C(=O)O)ccc3C(=O)O)cc2)cc1[N+](=O)[O-]. The zero-order chi connectivity index (χ0) is 32.2. The normalized spacial score (nSPS) is 10.6. The number of esters is 2. The molecule has 3 rings (SSSR count). The van der Waals surface area contributed by atoms with Gasteiger partial charge >= 0.3 is 29.6 Å². The Morgan fingerprint density at radius 1 is 0.818 bits per heavy atom. The number of hydrogen-bond acceptors (Lipinski definition) is 10. The molecule has 3 aromatic rings. The molecule has 13 nitrogen and oxygen atoms in total. The lowest BCUT2D eigenvalue weighted by atomic mass is 10.0. The number of anilines is 1. The van der Waals surface area contributed by atoms with Crippen LogP contribution in [-0.4, -0.2) is 45.6 Å². The summed E-state index contributed by atoms with van der Waals surface area (Å²) < 4.78 is 16.1. The van der Waals surface area contributed by atoms with Gasteiger partial charge in [0.25, 0.3) is 0 Å². The number of rotatable bonds is 16. The summed E-state index contributed by atoms with van der Waals surface area (Å²) in [6, 6.07) is 10.9. The van der Waals surface area contributed by atoms with Gasteiger partial charge in [-0.05, 0) is 42.3 Å². The summed E-state index contributed by atoms with van der Waals surface area (Å²) in [5.74, 6) is -4.73. The van der Waals surface area contributed by atoms with Gasteiger partial charge in [-0.2, -0.15) is 0 Å². The monoisotopic (exact) mass is 608 g/mol. The molecule has 44 heavy (non-hydrogen) atoms. The third-order valence-corrected chi connectivity index (χ3v) is 6.52. The standard InChI is InChI=1S/C31H32N2O11/c1-2-3-4-5-6-7-14-42-27-17-25(32)24(16-26(27)33(40)41)31(39)44-21-11-8-19(9-12-21)18-43-30(38)23-15-20(28(34)35)10-13-22(23)29(36)37/h8-13,15-17H,2-7,14,18,32H2,1H3,(H,34,35)(H,36,37). The molecule has 0 aliphatic heterocycles. The fourth-order valence-corrected chi connectivity index (χ4v) is 4.16. The maximum atomic E-state index is 12.8. The lowest BCUT2D eigenvalue weighted by Crippen LogP contribution is -2.14. The smallest absolute Gasteiger partial charge is 0.345 e. The minimum atomic E-state index is -1.43. The van der Waals surface area contributed by atoms with Crippen molar-refractivity contribution in [2.45, 2.75) is 52.1 Å². The molecule has 0 spiro atoms. The minimum Gasteiger partial charge on any atom is -0.487 e. The number of aromatic carboxylic acids is 2. The topological polar surface area (TPSA) is 206 Å². The number of nitrogen functional groups attached to an aromatic ring is 1. The number of nitro groups is 1. The number of carboxylic acid groups (broad SMARTS) is 2. The van der Waals surface area contributed by atoms with Gasteiger partial charge in [0, 0.05) is 12.1 Å². The first kappa shape index (κ1) is 33.0. The summed E-state index contributed by atoms with van der Waals surface area (Å²) in [4.78, 5) is 59.0. The van der Waals surface area contributed by atoms with Gasteiger partial charge in [-0.3, -0.25) is 10.1 Å². The molecule has 0 amide bonds. The van der Waals surface area contributed by atoms with Gasteiger partial charge in [0.15, 0.2) is 5.75 Å². The Kier molecular flexibility index (Phi) is 11.8. The molecular formula is C31H32N2O11. The summed E-state index contributed by atoms with van der Waals surface area (Å²) in [5.41, 5.74) is 4.61. The Morgan fingerprint density at radius 2 is 1.50 bits per heavy atom. The zero-order valence-electron chi connectivity index (χ0n) is 23.9. The molecule has 0 saturated heterocycles. The highest BCUT2D eigenvalue weighted by atomic mass is 16.6. The molecule has 0 atom stereocenters. The molecule has 0 aliphatic carbocycles. The van der Waals surface area contributed by atoms with Gasteiger partial charge in [-0.15, -0.1) is 0 Å². The van der Waals surface area contributed by atoms with Crippen LogP contribution in [0.1, 0.15) is 92.4 Å². The Bertz CT molecular complexity index is 1530. The van der Waals surface area contributed by atoms with E-state index in [-0.39, 0.29) is 41.5 Å². The van der Waals surface area contributed by atoms with E-state index < -0.39 is 45.6 Å². The Hall–Kier alpha value is -5.46.